The van der Waals surface area contributed by atoms with Crippen LogP contribution in [0.25, 0.3) is 10.9 Å². The first kappa shape index (κ1) is 13.6. The molecular weight excluding hydrogens is 240 g/mol. The summed E-state index contributed by atoms with van der Waals surface area (Å²) >= 11 is 0. The SMILES string of the molecule is COC(C)(C)CCOc1cccc2ccc(N)nc12. The quantitative estimate of drug-likeness (QED) is 0.897. The number of fused-ring (bicyclic) bond motifs is 1. The zero-order chi connectivity index (χ0) is 13.9. The highest BCUT2D eigenvalue weighted by Gasteiger charge is 2.16. The minimum Gasteiger partial charge on any atom is -0.491 e. The van der Waals surface area contributed by atoms with Crippen LogP contribution in [0.5, 0.6) is 5.75 Å². The molecular formula is C15H20N2O2. The normalized spacial score (nSPS) is 11.7. The molecule has 1 aromatic carbocycles. The van der Waals surface area contributed by atoms with Crippen LogP contribution in [0.2, 0.25) is 0 Å². The summed E-state index contributed by atoms with van der Waals surface area (Å²) in [5, 5.41) is 1.03. The second kappa shape index (κ2) is 5.45. The molecule has 0 saturated heterocycles. The van der Waals surface area contributed by atoms with Crippen molar-refractivity contribution in [2.24, 2.45) is 0 Å². The van der Waals surface area contributed by atoms with Crippen molar-refractivity contribution in [2.75, 3.05) is 19.5 Å². The van der Waals surface area contributed by atoms with Gasteiger partial charge in [0, 0.05) is 18.9 Å². The molecule has 0 aliphatic heterocycles. The highest BCUT2D eigenvalue weighted by atomic mass is 16.5. The lowest BCUT2D eigenvalue weighted by Crippen LogP contribution is -2.25. The van der Waals surface area contributed by atoms with Gasteiger partial charge in [-0.2, -0.15) is 0 Å². The first-order valence-corrected chi connectivity index (χ1v) is 6.35. The molecule has 4 nitrogen and oxygen atoms in total. The molecule has 1 heterocycles. The zero-order valence-corrected chi connectivity index (χ0v) is 11.6. The third-order valence-corrected chi connectivity index (χ3v) is 3.22. The fraction of sp³-hybridized carbons (Fsp3) is 0.400. The number of hydrogen-bond donors (Lipinski definition) is 1. The number of pyridine rings is 1. The predicted molar refractivity (Wildman–Crippen MR) is 77.4 cm³/mol. The number of anilines is 1. The van der Waals surface area contributed by atoms with Gasteiger partial charge in [-0.1, -0.05) is 12.1 Å². The van der Waals surface area contributed by atoms with E-state index in [1.165, 1.54) is 0 Å². The molecule has 0 aliphatic rings. The monoisotopic (exact) mass is 260 g/mol. The molecule has 0 saturated carbocycles. The third kappa shape index (κ3) is 3.35. The smallest absolute Gasteiger partial charge is 0.145 e. The summed E-state index contributed by atoms with van der Waals surface area (Å²) in [4.78, 5) is 4.33. The molecule has 0 bridgehead atoms. The van der Waals surface area contributed by atoms with Crippen LogP contribution >= 0.6 is 0 Å². The molecule has 2 rings (SSSR count). The Morgan fingerprint density at radius 2 is 2.00 bits per heavy atom. The maximum absolute atomic E-state index is 5.81. The van der Waals surface area contributed by atoms with E-state index in [1.807, 2.05) is 38.1 Å². The summed E-state index contributed by atoms with van der Waals surface area (Å²) in [5.74, 6) is 1.26. The van der Waals surface area contributed by atoms with Crippen LogP contribution in [0.1, 0.15) is 20.3 Å². The summed E-state index contributed by atoms with van der Waals surface area (Å²) in [7, 11) is 1.71. The second-order valence-corrected chi connectivity index (χ2v) is 5.13. The van der Waals surface area contributed by atoms with Crippen molar-refractivity contribution in [3.8, 4) is 5.75 Å². The van der Waals surface area contributed by atoms with Gasteiger partial charge in [0.25, 0.3) is 0 Å². The van der Waals surface area contributed by atoms with Crippen LogP contribution in [0.15, 0.2) is 30.3 Å². The van der Waals surface area contributed by atoms with Gasteiger partial charge in [0.05, 0.1) is 12.2 Å². The molecule has 102 valence electrons. The molecule has 2 N–H and O–H groups in total. The van der Waals surface area contributed by atoms with Gasteiger partial charge in [0.15, 0.2) is 0 Å². The van der Waals surface area contributed by atoms with Gasteiger partial charge in [0.1, 0.15) is 17.1 Å². The Morgan fingerprint density at radius 1 is 1.21 bits per heavy atom. The topological polar surface area (TPSA) is 57.4 Å². The Balaban J connectivity index is 2.14. The van der Waals surface area contributed by atoms with Crippen molar-refractivity contribution in [2.45, 2.75) is 25.9 Å². The molecule has 0 amide bonds. The summed E-state index contributed by atoms with van der Waals surface area (Å²) < 4.78 is 11.2. The molecule has 1 aromatic heterocycles. The lowest BCUT2D eigenvalue weighted by Gasteiger charge is -2.22. The van der Waals surface area contributed by atoms with E-state index in [9.17, 15) is 0 Å². The van der Waals surface area contributed by atoms with Crippen molar-refractivity contribution >= 4 is 16.7 Å². The Morgan fingerprint density at radius 3 is 2.74 bits per heavy atom. The second-order valence-electron chi connectivity index (χ2n) is 5.13. The number of benzene rings is 1. The van der Waals surface area contributed by atoms with E-state index in [4.69, 9.17) is 15.2 Å². The summed E-state index contributed by atoms with van der Waals surface area (Å²) in [6.07, 6.45) is 0.808. The average molecular weight is 260 g/mol. The van der Waals surface area contributed by atoms with E-state index in [0.717, 1.165) is 23.1 Å². The average Bonchev–Trinajstić information content (AvgIpc) is 2.39. The standard InChI is InChI=1S/C15H20N2O2/c1-15(2,18-3)9-10-19-12-6-4-5-11-7-8-13(16)17-14(11)12/h4-8H,9-10H2,1-3H3,(H2,16,17). The van der Waals surface area contributed by atoms with Crippen molar-refractivity contribution in [3.05, 3.63) is 30.3 Å². The fourth-order valence-corrected chi connectivity index (χ4v) is 1.76. The number of para-hydroxylation sites is 1. The Hall–Kier alpha value is -1.81. The van der Waals surface area contributed by atoms with Crippen LogP contribution in [0.3, 0.4) is 0 Å². The summed E-state index contributed by atoms with van der Waals surface area (Å²) in [5.41, 5.74) is 6.35. The molecule has 2 aromatic rings. The number of nitrogens with two attached hydrogens (primary N) is 1. The maximum atomic E-state index is 5.81. The van der Waals surface area contributed by atoms with Gasteiger partial charge in [-0.15, -0.1) is 0 Å². The van der Waals surface area contributed by atoms with Crippen LogP contribution in [-0.4, -0.2) is 24.3 Å². The van der Waals surface area contributed by atoms with Crippen molar-refractivity contribution in [1.29, 1.82) is 0 Å². The van der Waals surface area contributed by atoms with Crippen molar-refractivity contribution < 1.29 is 9.47 Å². The molecule has 0 atom stereocenters. The van der Waals surface area contributed by atoms with E-state index >= 15 is 0 Å². The van der Waals surface area contributed by atoms with E-state index < -0.39 is 0 Å². The van der Waals surface area contributed by atoms with E-state index in [1.54, 1.807) is 13.2 Å². The molecule has 0 aliphatic carbocycles. The number of aromatic nitrogens is 1. The maximum Gasteiger partial charge on any atom is 0.145 e. The Bertz CT molecular complexity index is 567. The highest BCUT2D eigenvalue weighted by Crippen LogP contribution is 2.25. The molecule has 4 heteroatoms. The van der Waals surface area contributed by atoms with Crippen LogP contribution < -0.4 is 10.5 Å². The molecule has 0 unspecified atom stereocenters. The highest BCUT2D eigenvalue weighted by molar-refractivity contribution is 5.85. The van der Waals surface area contributed by atoms with Gasteiger partial charge >= 0.3 is 0 Å². The van der Waals surface area contributed by atoms with Crippen LogP contribution in [0, 0.1) is 0 Å². The third-order valence-electron chi connectivity index (χ3n) is 3.22. The number of hydrogen-bond acceptors (Lipinski definition) is 4. The minimum absolute atomic E-state index is 0.183. The molecule has 19 heavy (non-hydrogen) atoms. The summed E-state index contributed by atoms with van der Waals surface area (Å²) in [6, 6.07) is 9.60. The predicted octanol–water partition coefficient (Wildman–Crippen LogP) is 3.01. The number of methoxy groups -OCH3 is 1. The molecule has 0 fully saturated rings. The lowest BCUT2D eigenvalue weighted by molar-refractivity contribution is 0.00556. The minimum atomic E-state index is -0.183. The van der Waals surface area contributed by atoms with Gasteiger partial charge in [-0.3, -0.25) is 0 Å². The number of nitrogen functional groups attached to an aromatic ring is 1. The van der Waals surface area contributed by atoms with Gasteiger partial charge in [-0.05, 0) is 32.0 Å². The van der Waals surface area contributed by atoms with Gasteiger partial charge in [0.2, 0.25) is 0 Å². The van der Waals surface area contributed by atoms with Gasteiger partial charge < -0.3 is 15.2 Å². The van der Waals surface area contributed by atoms with E-state index in [2.05, 4.69) is 4.98 Å². The van der Waals surface area contributed by atoms with Gasteiger partial charge in [-0.25, -0.2) is 4.98 Å². The Kier molecular flexibility index (Phi) is 3.90. The first-order valence-electron chi connectivity index (χ1n) is 6.35. The number of nitrogens with zero attached hydrogens (tertiary/aromatic N) is 1. The largest absolute Gasteiger partial charge is 0.491 e. The fourth-order valence-electron chi connectivity index (χ4n) is 1.76. The summed E-state index contributed by atoms with van der Waals surface area (Å²) in [6.45, 7) is 4.65. The van der Waals surface area contributed by atoms with E-state index in [-0.39, 0.29) is 5.60 Å². The lowest BCUT2D eigenvalue weighted by atomic mass is 10.1. The van der Waals surface area contributed by atoms with Crippen molar-refractivity contribution in [1.82, 2.24) is 4.98 Å². The van der Waals surface area contributed by atoms with Crippen molar-refractivity contribution in [3.63, 3.8) is 0 Å². The van der Waals surface area contributed by atoms with Crippen LogP contribution in [0.4, 0.5) is 5.82 Å². The number of ether oxygens (including phenoxy) is 2. The molecule has 0 spiro atoms. The van der Waals surface area contributed by atoms with Crippen LogP contribution in [-0.2, 0) is 4.74 Å². The number of rotatable bonds is 5. The first-order chi connectivity index (χ1) is 9.02. The zero-order valence-electron chi connectivity index (χ0n) is 11.6. The molecule has 0 radical (unpaired) electrons. The Labute approximate surface area is 113 Å². The van der Waals surface area contributed by atoms with E-state index in [0.29, 0.717) is 12.4 Å².